The van der Waals surface area contributed by atoms with Gasteiger partial charge in [-0.1, -0.05) is 36.4 Å². The molecule has 2 aromatic carbocycles. The van der Waals surface area contributed by atoms with Gasteiger partial charge in [0.05, 0.1) is 5.56 Å². The Kier molecular flexibility index (Phi) is 7.22. The van der Waals surface area contributed by atoms with Crippen molar-refractivity contribution < 1.29 is 9.59 Å². The Morgan fingerprint density at radius 3 is 2.65 bits per heavy atom. The number of hydrogen-bond donors (Lipinski definition) is 4. The largest absolute Gasteiger partial charge is 0.369 e. The summed E-state index contributed by atoms with van der Waals surface area (Å²) in [6.45, 7) is 3.41. The van der Waals surface area contributed by atoms with Gasteiger partial charge in [-0.25, -0.2) is 9.78 Å². The Hall–Kier alpha value is -4.14. The Balaban J connectivity index is 1.43. The molecule has 4 rings (SSSR count). The van der Waals surface area contributed by atoms with Crippen molar-refractivity contribution in [3.63, 3.8) is 0 Å². The molecule has 0 unspecified atom stereocenters. The molecule has 9 heteroatoms. The molecule has 9 nitrogen and oxygen atoms in total. The minimum atomic E-state index is -0.602. The molecule has 1 aliphatic rings. The predicted octanol–water partition coefficient (Wildman–Crippen LogP) is 3.99. The first-order valence-corrected chi connectivity index (χ1v) is 11.4. The van der Waals surface area contributed by atoms with Gasteiger partial charge in [0.25, 0.3) is 5.91 Å². The summed E-state index contributed by atoms with van der Waals surface area (Å²) in [6, 6.07) is 17.5. The molecule has 0 aliphatic carbocycles. The van der Waals surface area contributed by atoms with Crippen LogP contribution in [-0.4, -0.2) is 45.9 Å². The highest BCUT2D eigenvalue weighted by atomic mass is 16.2. The van der Waals surface area contributed by atoms with Crippen molar-refractivity contribution in [3.8, 4) is 0 Å². The summed E-state index contributed by atoms with van der Waals surface area (Å²) in [5.41, 5.74) is 8.27. The van der Waals surface area contributed by atoms with Gasteiger partial charge in [-0.05, 0) is 49.9 Å². The van der Waals surface area contributed by atoms with E-state index in [0.717, 1.165) is 25.8 Å². The lowest BCUT2D eigenvalue weighted by Gasteiger charge is -2.22. The smallest absolute Gasteiger partial charge is 0.322 e. The molecule has 1 atom stereocenters. The molecule has 0 saturated carbocycles. The molecule has 34 heavy (non-hydrogen) atoms. The first kappa shape index (κ1) is 23.0. The number of primary amides is 1. The van der Waals surface area contributed by atoms with Gasteiger partial charge in [0, 0.05) is 36.7 Å². The number of nitrogens with zero attached hydrogens (tertiary/aromatic N) is 3. The fourth-order valence-corrected chi connectivity index (χ4v) is 3.96. The third-order valence-corrected chi connectivity index (χ3v) is 5.79. The van der Waals surface area contributed by atoms with E-state index in [2.05, 4.69) is 32.8 Å². The molecule has 0 spiro atoms. The normalized spacial score (nSPS) is 15.1. The summed E-state index contributed by atoms with van der Waals surface area (Å²) in [4.78, 5) is 34.9. The summed E-state index contributed by atoms with van der Waals surface area (Å²) in [5, 5.41) is 9.27. The van der Waals surface area contributed by atoms with Gasteiger partial charge in [-0.2, -0.15) is 4.98 Å². The molecular formula is C25H29N7O2. The van der Waals surface area contributed by atoms with Crippen molar-refractivity contribution in [2.75, 3.05) is 29.0 Å². The lowest BCUT2D eigenvalue weighted by molar-refractivity contribution is 0.100. The topological polar surface area (TPSA) is 125 Å². The number of amides is 3. The van der Waals surface area contributed by atoms with E-state index in [-0.39, 0.29) is 17.6 Å². The fraction of sp³-hybridized carbons (Fsp3) is 0.280. The Morgan fingerprint density at radius 1 is 1.12 bits per heavy atom. The molecule has 3 aromatic rings. The summed E-state index contributed by atoms with van der Waals surface area (Å²) in [7, 11) is 0. The van der Waals surface area contributed by atoms with Crippen molar-refractivity contribution in [1.82, 2.24) is 14.9 Å². The highest BCUT2D eigenvalue weighted by Crippen LogP contribution is 2.22. The van der Waals surface area contributed by atoms with Crippen molar-refractivity contribution in [3.05, 3.63) is 71.9 Å². The SMILES string of the molecule is C[C@H]1CCCN1C(=O)Nc1cccc(Nc2ncc(C(N)=O)c(NCCc3ccccc3)n2)c1. The Morgan fingerprint density at radius 2 is 1.91 bits per heavy atom. The molecule has 5 N–H and O–H groups in total. The van der Waals surface area contributed by atoms with Crippen molar-refractivity contribution in [2.45, 2.75) is 32.2 Å². The average molecular weight is 460 g/mol. The first-order valence-electron chi connectivity index (χ1n) is 11.4. The third kappa shape index (κ3) is 5.80. The number of anilines is 4. The number of carbonyl (C=O) groups is 2. The zero-order chi connectivity index (χ0) is 23.9. The minimum absolute atomic E-state index is 0.103. The Bertz CT molecular complexity index is 1150. The molecule has 1 aromatic heterocycles. The van der Waals surface area contributed by atoms with Crippen LogP contribution in [0.1, 0.15) is 35.7 Å². The number of likely N-dealkylation sites (tertiary alicyclic amines) is 1. The number of nitrogens with one attached hydrogen (secondary N) is 3. The Labute approximate surface area is 198 Å². The van der Waals surface area contributed by atoms with E-state index in [1.54, 1.807) is 0 Å². The van der Waals surface area contributed by atoms with Crippen molar-refractivity contribution in [1.29, 1.82) is 0 Å². The zero-order valence-corrected chi connectivity index (χ0v) is 19.1. The lowest BCUT2D eigenvalue weighted by atomic mass is 10.1. The highest BCUT2D eigenvalue weighted by Gasteiger charge is 2.25. The van der Waals surface area contributed by atoms with Crippen LogP contribution in [0.3, 0.4) is 0 Å². The van der Waals surface area contributed by atoms with Crippen molar-refractivity contribution in [2.24, 2.45) is 5.73 Å². The maximum atomic E-state index is 12.6. The van der Waals surface area contributed by atoms with Gasteiger partial charge in [-0.15, -0.1) is 0 Å². The van der Waals surface area contributed by atoms with E-state index in [9.17, 15) is 9.59 Å². The summed E-state index contributed by atoms with van der Waals surface area (Å²) < 4.78 is 0. The lowest BCUT2D eigenvalue weighted by Crippen LogP contribution is -2.37. The number of hydrogen-bond acceptors (Lipinski definition) is 6. The van der Waals surface area contributed by atoms with Gasteiger partial charge >= 0.3 is 6.03 Å². The van der Waals surface area contributed by atoms with Gasteiger partial charge in [0.15, 0.2) is 0 Å². The molecule has 1 saturated heterocycles. The van der Waals surface area contributed by atoms with E-state index in [1.165, 1.54) is 11.8 Å². The van der Waals surface area contributed by atoms with Gasteiger partial charge in [0.2, 0.25) is 5.95 Å². The fourth-order valence-electron chi connectivity index (χ4n) is 3.96. The average Bonchev–Trinajstić information content (AvgIpc) is 3.26. The van der Waals surface area contributed by atoms with E-state index >= 15 is 0 Å². The van der Waals surface area contributed by atoms with Crippen LogP contribution in [0.15, 0.2) is 60.8 Å². The molecule has 0 bridgehead atoms. The highest BCUT2D eigenvalue weighted by molar-refractivity contribution is 5.97. The van der Waals surface area contributed by atoms with Gasteiger partial charge in [0.1, 0.15) is 5.82 Å². The number of benzene rings is 2. The summed E-state index contributed by atoms with van der Waals surface area (Å²) in [6.07, 6.45) is 4.22. The molecule has 3 amide bonds. The zero-order valence-electron chi connectivity index (χ0n) is 19.1. The number of rotatable bonds is 8. The third-order valence-electron chi connectivity index (χ3n) is 5.79. The van der Waals surface area contributed by atoms with Crippen LogP contribution < -0.4 is 21.7 Å². The number of carbonyl (C=O) groups excluding carboxylic acids is 2. The predicted molar refractivity (Wildman–Crippen MR) is 133 cm³/mol. The molecule has 1 fully saturated rings. The van der Waals surface area contributed by atoms with Crippen LogP contribution >= 0.6 is 0 Å². The molecular weight excluding hydrogens is 430 g/mol. The van der Waals surface area contributed by atoms with Crippen LogP contribution in [0, 0.1) is 0 Å². The van der Waals surface area contributed by atoms with Gasteiger partial charge < -0.3 is 26.6 Å². The number of aromatic nitrogens is 2. The summed E-state index contributed by atoms with van der Waals surface area (Å²) in [5.74, 6) is 0.0758. The molecule has 1 aliphatic heterocycles. The van der Waals surface area contributed by atoms with E-state index < -0.39 is 5.91 Å². The second-order valence-electron chi connectivity index (χ2n) is 8.30. The molecule has 0 radical (unpaired) electrons. The van der Waals surface area contributed by atoms with Crippen LogP contribution in [0.25, 0.3) is 0 Å². The maximum Gasteiger partial charge on any atom is 0.322 e. The monoisotopic (exact) mass is 459 g/mol. The number of urea groups is 1. The maximum absolute atomic E-state index is 12.6. The van der Waals surface area contributed by atoms with E-state index in [1.807, 2.05) is 59.5 Å². The standard InChI is InChI=1S/C25H29N7O2/c1-17-7-6-14-32(17)25(34)30-20-11-5-10-19(15-20)29-24-28-16-21(22(26)33)23(31-24)27-13-12-18-8-3-2-4-9-18/h2-5,8-11,15-17H,6-7,12-14H2,1H3,(H2,26,33)(H,30,34)(H2,27,28,29,31)/t17-/m0/s1. The molecule has 176 valence electrons. The first-order chi connectivity index (χ1) is 16.5. The quantitative estimate of drug-likeness (QED) is 0.404. The minimum Gasteiger partial charge on any atom is -0.369 e. The number of nitrogens with two attached hydrogens (primary N) is 1. The van der Waals surface area contributed by atoms with E-state index in [4.69, 9.17) is 5.73 Å². The summed E-state index contributed by atoms with van der Waals surface area (Å²) >= 11 is 0. The second-order valence-corrected chi connectivity index (χ2v) is 8.30. The van der Waals surface area contributed by atoms with Crippen LogP contribution in [-0.2, 0) is 6.42 Å². The van der Waals surface area contributed by atoms with Crippen LogP contribution in [0.5, 0.6) is 0 Å². The van der Waals surface area contributed by atoms with E-state index in [0.29, 0.717) is 29.7 Å². The van der Waals surface area contributed by atoms with Crippen molar-refractivity contribution >= 4 is 35.1 Å². The van der Waals surface area contributed by atoms with Crippen LogP contribution in [0.4, 0.5) is 27.9 Å². The van der Waals surface area contributed by atoms with Gasteiger partial charge in [-0.3, -0.25) is 4.79 Å². The molecule has 2 heterocycles. The second kappa shape index (κ2) is 10.7. The van der Waals surface area contributed by atoms with Crippen LogP contribution in [0.2, 0.25) is 0 Å².